The van der Waals surface area contributed by atoms with E-state index in [9.17, 15) is 13.3 Å². The first-order valence-electron chi connectivity index (χ1n) is 12.0. The maximum Gasteiger partial charge on any atom is 0.694 e. The summed E-state index contributed by atoms with van der Waals surface area (Å²) in [6.07, 6.45) is 10.3. The number of hydrogen-bond acceptors (Lipinski definition) is 3. The SMILES string of the molecule is O=[P+](O)OCCCNCc1cc(F)c(CCCCCC2(c3ccccc3)CCCC2)cc1F. The van der Waals surface area contributed by atoms with Crippen LogP contribution >= 0.6 is 8.25 Å². The van der Waals surface area contributed by atoms with E-state index in [1.54, 1.807) is 0 Å². The third kappa shape index (κ3) is 7.92. The molecule has 180 valence electrons. The van der Waals surface area contributed by atoms with Gasteiger partial charge in [0.15, 0.2) is 0 Å². The molecule has 0 aliphatic heterocycles. The molecule has 0 radical (unpaired) electrons. The van der Waals surface area contributed by atoms with Gasteiger partial charge in [-0.1, -0.05) is 56.0 Å². The molecule has 7 heteroatoms. The fraction of sp³-hybridized carbons (Fsp3) is 0.538. The number of halogens is 2. The van der Waals surface area contributed by atoms with Crippen LogP contribution in [0.25, 0.3) is 0 Å². The van der Waals surface area contributed by atoms with Crippen LogP contribution in [0.3, 0.4) is 0 Å². The summed E-state index contributed by atoms with van der Waals surface area (Å²) in [4.78, 5) is 8.55. The summed E-state index contributed by atoms with van der Waals surface area (Å²) < 4.78 is 43.9. The van der Waals surface area contributed by atoms with E-state index in [-0.39, 0.29) is 24.5 Å². The van der Waals surface area contributed by atoms with Gasteiger partial charge in [-0.05, 0) is 73.7 Å². The Hall–Kier alpha value is -1.72. The molecule has 1 unspecified atom stereocenters. The van der Waals surface area contributed by atoms with E-state index in [0.717, 1.165) is 25.7 Å². The Bertz CT molecular complexity index is 889. The maximum atomic E-state index is 14.5. The molecule has 2 aromatic carbocycles. The van der Waals surface area contributed by atoms with E-state index in [4.69, 9.17) is 4.89 Å². The summed E-state index contributed by atoms with van der Waals surface area (Å²) in [5.41, 5.74) is 2.48. The third-order valence-electron chi connectivity index (χ3n) is 6.78. The molecule has 1 aliphatic carbocycles. The van der Waals surface area contributed by atoms with Crippen LogP contribution in [0, 0.1) is 11.6 Å². The van der Waals surface area contributed by atoms with E-state index in [2.05, 4.69) is 40.2 Å². The molecule has 0 spiro atoms. The van der Waals surface area contributed by atoms with Crippen molar-refractivity contribution in [2.75, 3.05) is 13.2 Å². The van der Waals surface area contributed by atoms with E-state index >= 15 is 0 Å². The molecule has 0 aromatic heterocycles. The van der Waals surface area contributed by atoms with Crippen LogP contribution in [-0.4, -0.2) is 18.0 Å². The second-order valence-corrected chi connectivity index (χ2v) is 9.78. The van der Waals surface area contributed by atoms with E-state index < -0.39 is 14.1 Å². The Kier molecular flexibility index (Phi) is 10.4. The van der Waals surface area contributed by atoms with Crippen molar-refractivity contribution in [3.05, 3.63) is 70.8 Å². The monoisotopic (exact) mass is 478 g/mol. The number of rotatable bonds is 14. The standard InChI is InChI=1S/C26H34F2NO3P/c27-24-19-22(20-29-16-9-17-32-33(30)31)25(28)18-21(24)10-3-2-6-13-26(14-7-8-15-26)23-11-4-1-5-12-23/h1,4-5,11-12,18-19,29H,2-3,6-10,13-17,20H2/p+1. The molecule has 0 heterocycles. The highest BCUT2D eigenvalue weighted by molar-refractivity contribution is 7.32. The lowest BCUT2D eigenvalue weighted by atomic mass is 9.75. The fourth-order valence-electron chi connectivity index (χ4n) is 5.00. The van der Waals surface area contributed by atoms with Crippen molar-refractivity contribution >= 4 is 8.25 Å². The molecule has 0 bridgehead atoms. The second-order valence-electron chi connectivity index (χ2n) is 9.05. The zero-order chi connectivity index (χ0) is 23.5. The molecule has 3 rings (SSSR count). The highest BCUT2D eigenvalue weighted by Gasteiger charge is 2.34. The van der Waals surface area contributed by atoms with Gasteiger partial charge in [0.25, 0.3) is 0 Å². The summed E-state index contributed by atoms with van der Waals surface area (Å²) in [5, 5.41) is 3.00. The average Bonchev–Trinajstić information content (AvgIpc) is 3.29. The molecule has 1 fully saturated rings. The lowest BCUT2D eigenvalue weighted by molar-refractivity contribution is 0.276. The second kappa shape index (κ2) is 13.2. The van der Waals surface area contributed by atoms with Crippen LogP contribution in [0.4, 0.5) is 8.78 Å². The van der Waals surface area contributed by atoms with Crippen molar-refractivity contribution < 1.29 is 22.8 Å². The van der Waals surface area contributed by atoms with Crippen LogP contribution < -0.4 is 5.32 Å². The Balaban J connectivity index is 1.41. The van der Waals surface area contributed by atoms with Gasteiger partial charge in [0.2, 0.25) is 0 Å². The lowest BCUT2D eigenvalue weighted by Crippen LogP contribution is -2.21. The number of nitrogens with one attached hydrogen (secondary N) is 1. The van der Waals surface area contributed by atoms with Crippen LogP contribution in [0.2, 0.25) is 0 Å². The molecule has 1 atom stereocenters. The van der Waals surface area contributed by atoms with Crippen LogP contribution in [0.15, 0.2) is 42.5 Å². The molecule has 1 saturated carbocycles. The first kappa shape index (κ1) is 25.9. The molecule has 2 aromatic rings. The molecule has 33 heavy (non-hydrogen) atoms. The highest BCUT2D eigenvalue weighted by Crippen LogP contribution is 2.44. The molecule has 0 saturated heterocycles. The lowest BCUT2D eigenvalue weighted by Gasteiger charge is -2.30. The van der Waals surface area contributed by atoms with Crippen LogP contribution in [0.1, 0.15) is 74.5 Å². The Morgan fingerprint density at radius 1 is 0.970 bits per heavy atom. The van der Waals surface area contributed by atoms with Gasteiger partial charge >= 0.3 is 8.25 Å². The first-order valence-corrected chi connectivity index (χ1v) is 13.2. The topological polar surface area (TPSA) is 58.6 Å². The fourth-order valence-corrected chi connectivity index (χ4v) is 5.29. The zero-order valence-corrected chi connectivity index (χ0v) is 20.1. The van der Waals surface area contributed by atoms with Crippen molar-refractivity contribution in [3.63, 3.8) is 0 Å². The summed E-state index contributed by atoms with van der Waals surface area (Å²) in [6.45, 7) is 0.827. The molecule has 2 N–H and O–H groups in total. The average molecular weight is 479 g/mol. The van der Waals surface area contributed by atoms with Crippen LogP contribution in [-0.2, 0) is 27.5 Å². The first-order chi connectivity index (χ1) is 16.0. The van der Waals surface area contributed by atoms with Gasteiger partial charge in [-0.3, -0.25) is 0 Å². The minimum absolute atomic E-state index is 0.140. The minimum atomic E-state index is -2.59. The smallest absolute Gasteiger partial charge is 0.312 e. The van der Waals surface area contributed by atoms with Crippen LogP contribution in [0.5, 0.6) is 0 Å². The predicted molar refractivity (Wildman–Crippen MR) is 127 cm³/mol. The zero-order valence-electron chi connectivity index (χ0n) is 19.2. The summed E-state index contributed by atoms with van der Waals surface area (Å²) in [7, 11) is -2.59. The Morgan fingerprint density at radius 2 is 1.67 bits per heavy atom. The van der Waals surface area contributed by atoms with Gasteiger partial charge in [-0.15, -0.1) is 9.42 Å². The largest absolute Gasteiger partial charge is 0.694 e. The number of hydrogen-bond donors (Lipinski definition) is 2. The van der Waals surface area contributed by atoms with Gasteiger partial charge in [0.1, 0.15) is 18.2 Å². The number of unbranched alkanes of at least 4 members (excludes halogenated alkanes) is 2. The Morgan fingerprint density at radius 3 is 2.39 bits per heavy atom. The van der Waals surface area contributed by atoms with Crippen molar-refractivity contribution in [2.24, 2.45) is 0 Å². The highest BCUT2D eigenvalue weighted by atomic mass is 31.1. The van der Waals surface area contributed by atoms with Gasteiger partial charge in [-0.2, -0.15) is 0 Å². The van der Waals surface area contributed by atoms with Crippen molar-refractivity contribution in [1.29, 1.82) is 0 Å². The summed E-state index contributed by atoms with van der Waals surface area (Å²) >= 11 is 0. The maximum absolute atomic E-state index is 14.5. The Labute approximate surface area is 196 Å². The molecular weight excluding hydrogens is 443 g/mol. The molecule has 0 amide bonds. The predicted octanol–water partition coefficient (Wildman–Crippen LogP) is 6.73. The van der Waals surface area contributed by atoms with Gasteiger partial charge in [0.05, 0.1) is 0 Å². The number of aryl methyl sites for hydroxylation is 1. The quantitative estimate of drug-likeness (QED) is 0.234. The van der Waals surface area contributed by atoms with E-state index in [0.29, 0.717) is 30.4 Å². The summed E-state index contributed by atoms with van der Waals surface area (Å²) in [6, 6.07) is 13.4. The van der Waals surface area contributed by atoms with Gasteiger partial charge in [0, 0.05) is 16.7 Å². The molecule has 1 aliphatic rings. The minimum Gasteiger partial charge on any atom is -0.312 e. The normalized spacial score (nSPS) is 15.7. The van der Waals surface area contributed by atoms with Gasteiger partial charge in [-0.25, -0.2) is 8.78 Å². The van der Waals surface area contributed by atoms with Crippen molar-refractivity contribution in [1.82, 2.24) is 5.32 Å². The van der Waals surface area contributed by atoms with Gasteiger partial charge < -0.3 is 5.32 Å². The third-order valence-corrected chi connectivity index (χ3v) is 7.18. The summed E-state index contributed by atoms with van der Waals surface area (Å²) in [5.74, 6) is -0.757. The van der Waals surface area contributed by atoms with Crippen molar-refractivity contribution in [2.45, 2.75) is 76.2 Å². The van der Waals surface area contributed by atoms with E-state index in [1.807, 2.05) is 0 Å². The van der Waals surface area contributed by atoms with Crippen molar-refractivity contribution in [3.8, 4) is 0 Å². The molecular formula is C26H35F2NO3P+. The van der Waals surface area contributed by atoms with E-state index in [1.165, 1.54) is 43.4 Å². The molecule has 4 nitrogen and oxygen atoms in total. The number of benzene rings is 2.